The van der Waals surface area contributed by atoms with E-state index in [1.807, 2.05) is 0 Å². The number of anilines is 3. The number of aromatic nitrogens is 2. The first kappa shape index (κ1) is 34.9. The van der Waals surface area contributed by atoms with E-state index >= 15 is 0 Å². The Hall–Kier alpha value is -8.14. The van der Waals surface area contributed by atoms with E-state index in [1.54, 1.807) is 0 Å². The van der Waals surface area contributed by atoms with Crippen molar-refractivity contribution in [1.82, 2.24) is 9.13 Å². The van der Waals surface area contributed by atoms with Gasteiger partial charge in [-0.2, -0.15) is 0 Å². The summed E-state index contributed by atoms with van der Waals surface area (Å²) in [7, 11) is 0. The second kappa shape index (κ2) is 14.3. The van der Waals surface area contributed by atoms with Crippen molar-refractivity contribution in [2.24, 2.45) is 0 Å². The second-order valence-electron chi connectivity index (χ2n) is 15.8. The monoisotopic (exact) mass is 777 g/mol. The molecule has 0 fully saturated rings. The number of rotatable bonds is 7. The third-order valence-electron chi connectivity index (χ3n) is 12.3. The fourth-order valence-corrected chi connectivity index (χ4v) is 9.39. The standard InChI is InChI=1S/C58H39N3/c1-3-13-40(14-4-1)42-23-29-47(30-24-42)59(50-34-36-58-54(39-50)52-20-10-11-21-55(52)60(58)46-17-5-2-6-18-46)48-31-25-43(26-32-48)45-28-35-57-53(38-45)51-19-9-12-22-56(51)61(57)49-33-27-41-15-7-8-16-44(41)37-49/h1-39H. The van der Waals surface area contributed by atoms with Crippen LogP contribution in [0.1, 0.15) is 0 Å². The Morgan fingerprint density at radius 1 is 0.246 bits per heavy atom. The average molecular weight is 778 g/mol. The van der Waals surface area contributed by atoms with Gasteiger partial charge in [0.2, 0.25) is 0 Å². The molecule has 2 heterocycles. The van der Waals surface area contributed by atoms with Crippen molar-refractivity contribution in [3.8, 4) is 33.6 Å². The number of hydrogen-bond donors (Lipinski definition) is 0. The van der Waals surface area contributed by atoms with Crippen LogP contribution in [0.2, 0.25) is 0 Å². The summed E-state index contributed by atoms with van der Waals surface area (Å²) >= 11 is 0. The summed E-state index contributed by atoms with van der Waals surface area (Å²) in [5.41, 5.74) is 15.2. The van der Waals surface area contributed by atoms with E-state index in [0.29, 0.717) is 0 Å². The van der Waals surface area contributed by atoms with E-state index < -0.39 is 0 Å². The van der Waals surface area contributed by atoms with Crippen LogP contribution in [-0.2, 0) is 0 Å². The highest BCUT2D eigenvalue weighted by atomic mass is 15.1. The minimum atomic E-state index is 1.09. The van der Waals surface area contributed by atoms with E-state index in [4.69, 9.17) is 0 Å². The second-order valence-corrected chi connectivity index (χ2v) is 15.8. The average Bonchev–Trinajstić information content (AvgIpc) is 3.85. The predicted octanol–water partition coefficient (Wildman–Crippen LogP) is 15.8. The molecule has 0 atom stereocenters. The third kappa shape index (κ3) is 5.90. The quantitative estimate of drug-likeness (QED) is 0.157. The van der Waals surface area contributed by atoms with Gasteiger partial charge in [0.15, 0.2) is 0 Å². The summed E-state index contributed by atoms with van der Waals surface area (Å²) < 4.78 is 4.78. The molecule has 0 aliphatic carbocycles. The van der Waals surface area contributed by atoms with Crippen molar-refractivity contribution in [3.63, 3.8) is 0 Å². The lowest BCUT2D eigenvalue weighted by Gasteiger charge is -2.26. The maximum absolute atomic E-state index is 2.40. The van der Waals surface area contributed by atoms with Crippen molar-refractivity contribution in [1.29, 1.82) is 0 Å². The third-order valence-corrected chi connectivity index (χ3v) is 12.3. The summed E-state index contributed by atoms with van der Waals surface area (Å²) in [4.78, 5) is 2.38. The van der Waals surface area contributed by atoms with Gasteiger partial charge in [0, 0.05) is 50.0 Å². The van der Waals surface area contributed by atoms with Crippen molar-refractivity contribution in [3.05, 3.63) is 237 Å². The highest BCUT2D eigenvalue weighted by molar-refractivity contribution is 6.12. The Kier molecular flexibility index (Phi) is 8.17. The fourth-order valence-electron chi connectivity index (χ4n) is 9.39. The van der Waals surface area contributed by atoms with Gasteiger partial charge in [-0.05, 0) is 124 Å². The molecule has 61 heavy (non-hydrogen) atoms. The van der Waals surface area contributed by atoms with Crippen molar-refractivity contribution in [2.75, 3.05) is 4.90 Å². The van der Waals surface area contributed by atoms with Crippen LogP contribution < -0.4 is 4.90 Å². The highest BCUT2D eigenvalue weighted by Gasteiger charge is 2.19. The number of nitrogens with zero attached hydrogens (tertiary/aromatic N) is 3. The van der Waals surface area contributed by atoms with Gasteiger partial charge < -0.3 is 14.0 Å². The Morgan fingerprint density at radius 2 is 0.705 bits per heavy atom. The SMILES string of the molecule is c1ccc(-c2ccc(N(c3ccc(-c4ccc5c(c4)c4ccccc4n5-c4ccc5ccccc5c4)cc3)c3ccc4c(c3)c3ccccc3n4-c3ccccc3)cc2)cc1. The Balaban J connectivity index is 0.971. The molecule has 3 heteroatoms. The van der Waals surface area contributed by atoms with E-state index in [1.165, 1.54) is 82.3 Å². The Morgan fingerprint density at radius 3 is 1.38 bits per heavy atom. The largest absolute Gasteiger partial charge is 0.310 e. The van der Waals surface area contributed by atoms with E-state index in [-0.39, 0.29) is 0 Å². The molecule has 0 bridgehead atoms. The number of hydrogen-bond acceptors (Lipinski definition) is 1. The first-order valence-electron chi connectivity index (χ1n) is 20.9. The molecule has 12 aromatic rings. The minimum Gasteiger partial charge on any atom is -0.310 e. The smallest absolute Gasteiger partial charge is 0.0542 e. The molecule has 286 valence electrons. The molecule has 2 aromatic heterocycles. The predicted molar refractivity (Wildman–Crippen MR) is 258 cm³/mol. The lowest BCUT2D eigenvalue weighted by molar-refractivity contribution is 1.18. The van der Waals surface area contributed by atoms with Crippen molar-refractivity contribution < 1.29 is 0 Å². The zero-order valence-electron chi connectivity index (χ0n) is 33.4. The molecule has 0 spiro atoms. The van der Waals surface area contributed by atoms with Crippen LogP contribution in [0.15, 0.2) is 237 Å². The van der Waals surface area contributed by atoms with Gasteiger partial charge in [-0.3, -0.25) is 0 Å². The molecule has 0 saturated heterocycles. The van der Waals surface area contributed by atoms with Crippen LogP contribution in [0.25, 0.3) is 88.0 Å². The molecule has 0 unspecified atom stereocenters. The number of benzene rings is 10. The topological polar surface area (TPSA) is 13.1 Å². The zero-order valence-corrected chi connectivity index (χ0v) is 33.4. The Labute approximate surface area is 354 Å². The number of fused-ring (bicyclic) bond motifs is 7. The normalized spacial score (nSPS) is 11.6. The summed E-state index contributed by atoms with van der Waals surface area (Å²) in [5.74, 6) is 0. The van der Waals surface area contributed by atoms with Crippen LogP contribution in [0.3, 0.4) is 0 Å². The molecule has 0 saturated carbocycles. The van der Waals surface area contributed by atoms with Gasteiger partial charge in [0.25, 0.3) is 0 Å². The van der Waals surface area contributed by atoms with Gasteiger partial charge in [0.05, 0.1) is 22.1 Å². The number of para-hydroxylation sites is 3. The minimum absolute atomic E-state index is 1.09. The van der Waals surface area contributed by atoms with Crippen molar-refractivity contribution >= 4 is 71.4 Å². The highest BCUT2D eigenvalue weighted by Crippen LogP contribution is 2.42. The van der Waals surface area contributed by atoms with Gasteiger partial charge in [-0.1, -0.05) is 146 Å². The molecule has 0 N–H and O–H groups in total. The van der Waals surface area contributed by atoms with Gasteiger partial charge in [-0.25, -0.2) is 0 Å². The molecular weight excluding hydrogens is 739 g/mol. The van der Waals surface area contributed by atoms with Gasteiger partial charge >= 0.3 is 0 Å². The molecule has 10 aromatic carbocycles. The van der Waals surface area contributed by atoms with Gasteiger partial charge in [0.1, 0.15) is 0 Å². The Bertz CT molecular complexity index is 3560. The summed E-state index contributed by atoms with van der Waals surface area (Å²) in [6.07, 6.45) is 0. The summed E-state index contributed by atoms with van der Waals surface area (Å²) in [6.45, 7) is 0. The molecule has 0 radical (unpaired) electrons. The molecule has 3 nitrogen and oxygen atoms in total. The maximum Gasteiger partial charge on any atom is 0.0542 e. The first-order chi connectivity index (χ1) is 30.2. The molecule has 12 rings (SSSR count). The van der Waals surface area contributed by atoms with E-state index in [9.17, 15) is 0 Å². The first-order valence-corrected chi connectivity index (χ1v) is 20.9. The van der Waals surface area contributed by atoms with Crippen LogP contribution in [0.4, 0.5) is 17.1 Å². The molecule has 0 amide bonds. The van der Waals surface area contributed by atoms with Gasteiger partial charge in [-0.15, -0.1) is 0 Å². The summed E-state index contributed by atoms with van der Waals surface area (Å²) in [5, 5.41) is 7.43. The van der Waals surface area contributed by atoms with Crippen LogP contribution in [0, 0.1) is 0 Å². The molecule has 0 aliphatic rings. The lowest BCUT2D eigenvalue weighted by atomic mass is 10.0. The fraction of sp³-hybridized carbons (Fsp3) is 0. The van der Waals surface area contributed by atoms with Crippen LogP contribution in [-0.4, -0.2) is 9.13 Å². The van der Waals surface area contributed by atoms with E-state index in [0.717, 1.165) is 22.7 Å². The maximum atomic E-state index is 2.40. The van der Waals surface area contributed by atoms with Crippen LogP contribution in [0.5, 0.6) is 0 Å². The summed E-state index contributed by atoms with van der Waals surface area (Å²) in [6, 6.07) is 85.9. The molecule has 0 aliphatic heterocycles. The van der Waals surface area contributed by atoms with Crippen molar-refractivity contribution in [2.45, 2.75) is 0 Å². The molecular formula is C58H39N3. The lowest BCUT2D eigenvalue weighted by Crippen LogP contribution is -2.10. The zero-order chi connectivity index (χ0) is 40.3. The van der Waals surface area contributed by atoms with E-state index in [2.05, 4.69) is 251 Å². The van der Waals surface area contributed by atoms with Crippen LogP contribution >= 0.6 is 0 Å².